The normalized spacial score (nSPS) is 15.5. The Hall–Kier alpha value is -2.66. The average Bonchev–Trinajstić information content (AvgIpc) is 2.84. The Bertz CT molecular complexity index is 838. The van der Waals surface area contributed by atoms with Gasteiger partial charge in [-0.2, -0.15) is 0 Å². The third kappa shape index (κ3) is 10.1. The molecule has 0 spiro atoms. The van der Waals surface area contributed by atoms with Crippen molar-refractivity contribution in [1.82, 2.24) is 0 Å². The lowest BCUT2D eigenvalue weighted by Gasteiger charge is -2.29. The molecule has 0 aliphatic carbocycles. The molecule has 0 aliphatic heterocycles. The summed E-state index contributed by atoms with van der Waals surface area (Å²) >= 11 is 0. The molecule has 2 aromatic rings. The Balaban J connectivity index is 1.66. The quantitative estimate of drug-likeness (QED) is 0.191. The first kappa shape index (κ1) is 29.6. The van der Waals surface area contributed by atoms with Crippen LogP contribution in [-0.2, 0) is 20.4 Å². The molecular formula is C31H44O5. The minimum Gasteiger partial charge on any atom is -0.481 e. The minimum absolute atomic E-state index is 0.120. The van der Waals surface area contributed by atoms with E-state index in [9.17, 15) is 24.9 Å². The highest BCUT2D eigenvalue weighted by Crippen LogP contribution is 2.34. The van der Waals surface area contributed by atoms with Crippen LogP contribution < -0.4 is 0 Å². The van der Waals surface area contributed by atoms with E-state index in [2.05, 4.69) is 0 Å². The van der Waals surface area contributed by atoms with Crippen molar-refractivity contribution >= 4 is 11.9 Å². The zero-order valence-electron chi connectivity index (χ0n) is 22.0. The molecule has 2 rings (SSSR count). The fourth-order valence-electron chi connectivity index (χ4n) is 5.31. The Morgan fingerprint density at radius 3 is 1.33 bits per heavy atom. The van der Waals surface area contributed by atoms with Gasteiger partial charge in [-0.15, -0.1) is 0 Å². The summed E-state index contributed by atoms with van der Waals surface area (Å²) in [7, 11) is 0. The number of carboxylic acid groups (broad SMARTS) is 2. The van der Waals surface area contributed by atoms with E-state index in [1.165, 1.54) is 0 Å². The summed E-state index contributed by atoms with van der Waals surface area (Å²) in [5.74, 6) is -1.55. The Morgan fingerprint density at radius 1 is 0.639 bits per heavy atom. The molecule has 2 unspecified atom stereocenters. The monoisotopic (exact) mass is 496 g/mol. The molecule has 5 heteroatoms. The van der Waals surface area contributed by atoms with E-state index in [1.807, 2.05) is 74.5 Å². The van der Waals surface area contributed by atoms with Gasteiger partial charge in [-0.3, -0.25) is 9.59 Å². The van der Waals surface area contributed by atoms with Crippen molar-refractivity contribution in [2.45, 2.75) is 108 Å². The van der Waals surface area contributed by atoms with Crippen molar-refractivity contribution in [2.24, 2.45) is 0 Å². The highest BCUT2D eigenvalue weighted by molar-refractivity contribution is 5.69. The second-order valence-electron chi connectivity index (χ2n) is 10.8. The molecule has 0 saturated heterocycles. The molecule has 0 aliphatic rings. The summed E-state index contributed by atoms with van der Waals surface area (Å²) < 4.78 is 0. The van der Waals surface area contributed by atoms with Crippen molar-refractivity contribution in [1.29, 1.82) is 0 Å². The molecule has 36 heavy (non-hydrogen) atoms. The van der Waals surface area contributed by atoms with Crippen LogP contribution in [0.25, 0.3) is 0 Å². The van der Waals surface area contributed by atoms with Crippen molar-refractivity contribution in [2.75, 3.05) is 0 Å². The zero-order chi connectivity index (χ0) is 26.4. The van der Waals surface area contributed by atoms with Crippen molar-refractivity contribution < 1.29 is 24.9 Å². The first-order valence-electron chi connectivity index (χ1n) is 13.4. The van der Waals surface area contributed by atoms with E-state index < -0.39 is 11.9 Å². The zero-order valence-corrected chi connectivity index (χ0v) is 22.0. The SMILES string of the molecule is CC(CCCCCC(O)CCCCC[C@](C)(CC(=O)O)c1ccccc1)(CC(=O)O)c1ccccc1. The maximum Gasteiger partial charge on any atom is 0.304 e. The van der Waals surface area contributed by atoms with Gasteiger partial charge in [0, 0.05) is 10.8 Å². The molecule has 0 fully saturated rings. The lowest BCUT2D eigenvalue weighted by molar-refractivity contribution is -0.139. The third-order valence-corrected chi connectivity index (χ3v) is 7.56. The van der Waals surface area contributed by atoms with Crippen molar-refractivity contribution in [3.63, 3.8) is 0 Å². The van der Waals surface area contributed by atoms with Gasteiger partial charge >= 0.3 is 11.9 Å². The van der Waals surface area contributed by atoms with Gasteiger partial charge in [0.05, 0.1) is 18.9 Å². The van der Waals surface area contributed by atoms with E-state index in [0.717, 1.165) is 75.3 Å². The molecule has 3 atom stereocenters. The number of aliphatic carboxylic acids is 2. The number of carbonyl (C=O) groups is 2. The van der Waals surface area contributed by atoms with Gasteiger partial charge in [0.1, 0.15) is 0 Å². The molecule has 0 amide bonds. The smallest absolute Gasteiger partial charge is 0.304 e. The number of hydrogen-bond acceptors (Lipinski definition) is 3. The van der Waals surface area contributed by atoms with Crippen molar-refractivity contribution in [3.05, 3.63) is 71.8 Å². The van der Waals surface area contributed by atoms with Crippen LogP contribution in [0.3, 0.4) is 0 Å². The van der Waals surface area contributed by atoms with Gasteiger partial charge in [-0.25, -0.2) is 0 Å². The van der Waals surface area contributed by atoms with E-state index >= 15 is 0 Å². The number of aliphatic hydroxyl groups excluding tert-OH is 1. The van der Waals surface area contributed by atoms with Crippen LogP contribution in [0.4, 0.5) is 0 Å². The lowest BCUT2D eigenvalue weighted by atomic mass is 9.75. The molecule has 0 bridgehead atoms. The number of rotatable bonds is 18. The second-order valence-corrected chi connectivity index (χ2v) is 10.8. The van der Waals surface area contributed by atoms with E-state index in [0.29, 0.717) is 0 Å². The van der Waals surface area contributed by atoms with E-state index in [1.54, 1.807) is 0 Å². The Kier molecular flexibility index (Phi) is 12.1. The van der Waals surface area contributed by atoms with Crippen LogP contribution in [0.2, 0.25) is 0 Å². The molecular weight excluding hydrogens is 452 g/mol. The third-order valence-electron chi connectivity index (χ3n) is 7.56. The number of benzene rings is 2. The fraction of sp³-hybridized carbons (Fsp3) is 0.548. The highest BCUT2D eigenvalue weighted by atomic mass is 16.4. The summed E-state index contributed by atoms with van der Waals surface area (Å²) in [5.41, 5.74) is 1.39. The van der Waals surface area contributed by atoms with Gasteiger partial charge in [-0.05, 0) is 36.8 Å². The Labute approximate surface area is 216 Å². The molecule has 3 N–H and O–H groups in total. The van der Waals surface area contributed by atoms with E-state index in [-0.39, 0.29) is 29.8 Å². The minimum atomic E-state index is -0.774. The Morgan fingerprint density at radius 2 is 1.00 bits per heavy atom. The van der Waals surface area contributed by atoms with Gasteiger partial charge in [0.25, 0.3) is 0 Å². The first-order valence-corrected chi connectivity index (χ1v) is 13.4. The standard InChI is InChI=1S/C31H44O5/c1-30(23-28(33)34,25-15-7-3-8-16-25)21-13-5-11-19-27(32)20-12-6-14-22-31(2,24-29(35)36)26-17-9-4-10-18-26/h3-4,7-10,15-18,27,32H,5-6,11-14,19-24H2,1-2H3,(H,33,34)(H,35,36)/t27?,30-,31?/m1/s1. The van der Waals surface area contributed by atoms with Crippen LogP contribution in [0.15, 0.2) is 60.7 Å². The number of aliphatic hydroxyl groups is 1. The summed E-state index contributed by atoms with van der Waals surface area (Å²) in [6.45, 7) is 4.06. The molecule has 0 radical (unpaired) electrons. The second kappa shape index (κ2) is 14.8. The molecule has 0 heterocycles. The lowest BCUT2D eigenvalue weighted by Crippen LogP contribution is -2.25. The number of unbranched alkanes of at least 4 members (excludes halogenated alkanes) is 4. The summed E-state index contributed by atoms with van der Waals surface area (Å²) in [5, 5.41) is 29.2. The molecule has 2 aromatic carbocycles. The fourth-order valence-corrected chi connectivity index (χ4v) is 5.31. The molecule has 198 valence electrons. The molecule has 0 saturated carbocycles. The van der Waals surface area contributed by atoms with E-state index in [4.69, 9.17) is 0 Å². The van der Waals surface area contributed by atoms with Crippen molar-refractivity contribution in [3.8, 4) is 0 Å². The van der Waals surface area contributed by atoms with Crippen LogP contribution in [0.1, 0.15) is 102 Å². The van der Waals surface area contributed by atoms with Crippen LogP contribution >= 0.6 is 0 Å². The molecule has 0 aromatic heterocycles. The predicted octanol–water partition coefficient (Wildman–Crippen LogP) is 7.11. The summed E-state index contributed by atoms with van der Waals surface area (Å²) in [4.78, 5) is 22.9. The van der Waals surface area contributed by atoms with Crippen LogP contribution in [-0.4, -0.2) is 33.4 Å². The van der Waals surface area contributed by atoms with Crippen LogP contribution in [0.5, 0.6) is 0 Å². The highest BCUT2D eigenvalue weighted by Gasteiger charge is 2.30. The van der Waals surface area contributed by atoms with Gasteiger partial charge in [0.2, 0.25) is 0 Å². The molecule has 5 nitrogen and oxygen atoms in total. The predicted molar refractivity (Wildman–Crippen MR) is 144 cm³/mol. The largest absolute Gasteiger partial charge is 0.481 e. The van der Waals surface area contributed by atoms with Gasteiger partial charge in [0.15, 0.2) is 0 Å². The summed E-state index contributed by atoms with van der Waals surface area (Å²) in [6, 6.07) is 19.8. The first-order chi connectivity index (χ1) is 17.1. The topological polar surface area (TPSA) is 94.8 Å². The average molecular weight is 497 g/mol. The van der Waals surface area contributed by atoms with Gasteiger partial charge < -0.3 is 15.3 Å². The number of hydrogen-bond donors (Lipinski definition) is 3. The van der Waals surface area contributed by atoms with Gasteiger partial charge in [-0.1, -0.05) is 113 Å². The summed E-state index contributed by atoms with van der Waals surface area (Å²) in [6.07, 6.45) is 8.78. The number of carboxylic acids is 2. The maximum atomic E-state index is 11.4. The van der Waals surface area contributed by atoms with Crippen LogP contribution in [0, 0.1) is 0 Å². The maximum absolute atomic E-state index is 11.4.